The lowest BCUT2D eigenvalue weighted by atomic mass is 9.89. The number of likely N-dealkylation sites (tertiary alicyclic amines) is 1. The van der Waals surface area contributed by atoms with Gasteiger partial charge in [-0.05, 0) is 75.1 Å². The SMILES string of the molecule is CC(O)(C#Cc1cc2c(cn1)c(C1CCN(CCC(F)(F)F)CC1)cn2-c1nc(N)ncc1F)C1CC1. The first-order chi connectivity index (χ1) is 17.5. The fourth-order valence-corrected chi connectivity index (χ4v) is 4.94. The van der Waals surface area contributed by atoms with Crippen molar-refractivity contribution < 1.29 is 22.7 Å². The monoisotopic (exact) mass is 516 g/mol. The zero-order chi connectivity index (χ0) is 26.4. The average molecular weight is 517 g/mol. The van der Waals surface area contributed by atoms with Gasteiger partial charge in [0.1, 0.15) is 11.3 Å². The third-order valence-electron chi connectivity index (χ3n) is 7.25. The summed E-state index contributed by atoms with van der Waals surface area (Å²) >= 11 is 0. The minimum absolute atomic E-state index is 0.0125. The van der Waals surface area contributed by atoms with Crippen molar-refractivity contribution in [1.82, 2.24) is 24.4 Å². The first kappa shape index (κ1) is 25.4. The standard InChI is InChI=1S/C26H28F4N6O/c1-25(37,17-2-3-17)7-4-18-12-22-19(13-32-18)20(15-36(22)23-21(27)14-33-24(31)34-23)16-5-9-35(10-6-16)11-8-26(28,29)30/h12-17,37H,2-3,5-6,8-11H2,1H3,(H2,31,33,34). The number of aliphatic hydroxyl groups is 1. The van der Waals surface area contributed by atoms with E-state index >= 15 is 0 Å². The van der Waals surface area contributed by atoms with Crippen molar-refractivity contribution in [3.05, 3.63) is 41.7 Å². The number of hydrogen-bond donors (Lipinski definition) is 2. The molecule has 2 fully saturated rings. The van der Waals surface area contributed by atoms with Gasteiger partial charge < -0.3 is 15.7 Å². The zero-order valence-corrected chi connectivity index (χ0v) is 20.4. The van der Waals surface area contributed by atoms with Gasteiger partial charge in [0.05, 0.1) is 18.1 Å². The van der Waals surface area contributed by atoms with Crippen molar-refractivity contribution in [2.45, 2.75) is 56.7 Å². The number of fused-ring (bicyclic) bond motifs is 1. The summed E-state index contributed by atoms with van der Waals surface area (Å²) in [5.41, 5.74) is 6.60. The van der Waals surface area contributed by atoms with E-state index < -0.39 is 24.0 Å². The first-order valence-corrected chi connectivity index (χ1v) is 12.3. The van der Waals surface area contributed by atoms with Crippen LogP contribution in [-0.2, 0) is 0 Å². The number of rotatable bonds is 5. The number of anilines is 1. The topological polar surface area (TPSA) is 93.1 Å². The molecule has 3 N–H and O–H groups in total. The van der Waals surface area contributed by atoms with E-state index in [1.807, 2.05) is 4.90 Å². The maximum atomic E-state index is 14.8. The van der Waals surface area contributed by atoms with Crippen molar-refractivity contribution in [2.75, 3.05) is 25.4 Å². The Balaban J connectivity index is 1.49. The van der Waals surface area contributed by atoms with Gasteiger partial charge in [0, 0.05) is 24.3 Å². The highest BCUT2D eigenvalue weighted by atomic mass is 19.4. The maximum absolute atomic E-state index is 14.8. The minimum atomic E-state index is -4.17. The molecule has 1 saturated heterocycles. The van der Waals surface area contributed by atoms with Gasteiger partial charge in [0.25, 0.3) is 0 Å². The number of nitrogens with zero attached hydrogens (tertiary/aromatic N) is 5. The predicted molar refractivity (Wildman–Crippen MR) is 130 cm³/mol. The number of aromatic nitrogens is 4. The van der Waals surface area contributed by atoms with Crippen LogP contribution in [0, 0.1) is 23.6 Å². The summed E-state index contributed by atoms with van der Waals surface area (Å²) in [5, 5.41) is 11.3. The van der Waals surface area contributed by atoms with Crippen molar-refractivity contribution in [1.29, 1.82) is 0 Å². The number of hydrogen-bond acceptors (Lipinski definition) is 6. The third kappa shape index (κ3) is 5.70. The van der Waals surface area contributed by atoms with E-state index in [2.05, 4.69) is 26.8 Å². The summed E-state index contributed by atoms with van der Waals surface area (Å²) in [6.45, 7) is 2.75. The summed E-state index contributed by atoms with van der Waals surface area (Å²) in [7, 11) is 0. The molecule has 0 bridgehead atoms. The Morgan fingerprint density at radius 2 is 1.86 bits per heavy atom. The maximum Gasteiger partial charge on any atom is 0.390 e. The summed E-state index contributed by atoms with van der Waals surface area (Å²) in [5.74, 6) is 5.33. The quantitative estimate of drug-likeness (QED) is 0.391. The highest BCUT2D eigenvalue weighted by Gasteiger charge is 2.38. The molecule has 11 heteroatoms. The van der Waals surface area contributed by atoms with Gasteiger partial charge in [0.2, 0.25) is 5.95 Å². The van der Waals surface area contributed by atoms with Gasteiger partial charge >= 0.3 is 6.18 Å². The van der Waals surface area contributed by atoms with Crippen molar-refractivity contribution in [2.24, 2.45) is 5.92 Å². The molecule has 4 heterocycles. The summed E-state index contributed by atoms with van der Waals surface area (Å²) in [6, 6.07) is 1.73. The molecule has 1 aliphatic heterocycles. The van der Waals surface area contributed by atoms with E-state index in [0.29, 0.717) is 37.1 Å². The third-order valence-corrected chi connectivity index (χ3v) is 7.25. The number of piperidine rings is 1. The largest absolute Gasteiger partial charge is 0.390 e. The molecule has 0 radical (unpaired) electrons. The second-order valence-corrected chi connectivity index (χ2v) is 10.1. The summed E-state index contributed by atoms with van der Waals surface area (Å²) < 4.78 is 54.3. The van der Waals surface area contributed by atoms with E-state index in [1.165, 1.54) is 0 Å². The second-order valence-electron chi connectivity index (χ2n) is 10.1. The molecular weight excluding hydrogens is 488 g/mol. The fraction of sp³-hybridized carbons (Fsp3) is 0.500. The van der Waals surface area contributed by atoms with Crippen LogP contribution in [0.15, 0.2) is 24.7 Å². The first-order valence-electron chi connectivity index (χ1n) is 12.3. The molecule has 1 aliphatic carbocycles. The molecule has 2 aliphatic rings. The Morgan fingerprint density at radius 3 is 2.54 bits per heavy atom. The summed E-state index contributed by atoms with van der Waals surface area (Å²) in [6.07, 6.45) is 2.68. The van der Waals surface area contributed by atoms with Crippen LogP contribution in [0.25, 0.3) is 16.7 Å². The molecule has 3 aromatic heterocycles. The van der Waals surface area contributed by atoms with Gasteiger partial charge in [-0.2, -0.15) is 18.2 Å². The summed E-state index contributed by atoms with van der Waals surface area (Å²) in [4.78, 5) is 14.1. The fourth-order valence-electron chi connectivity index (χ4n) is 4.94. The highest BCUT2D eigenvalue weighted by molar-refractivity contribution is 5.86. The number of nitrogen functional groups attached to an aromatic ring is 1. The van der Waals surface area contributed by atoms with Crippen LogP contribution >= 0.6 is 0 Å². The molecule has 7 nitrogen and oxygen atoms in total. The van der Waals surface area contributed by atoms with E-state index in [1.54, 1.807) is 30.0 Å². The molecule has 37 heavy (non-hydrogen) atoms. The van der Waals surface area contributed by atoms with Crippen LogP contribution in [0.3, 0.4) is 0 Å². The molecule has 1 atom stereocenters. The Morgan fingerprint density at radius 1 is 1.14 bits per heavy atom. The van der Waals surface area contributed by atoms with Crippen molar-refractivity contribution in [3.63, 3.8) is 0 Å². The van der Waals surface area contributed by atoms with Crippen LogP contribution in [0.1, 0.15) is 56.2 Å². The Kier molecular flexibility index (Phi) is 6.58. The number of alkyl halides is 3. The van der Waals surface area contributed by atoms with Crippen LogP contribution < -0.4 is 5.73 Å². The minimum Gasteiger partial charge on any atom is -0.378 e. The molecule has 3 aromatic rings. The normalized spacial score (nSPS) is 19.0. The van der Waals surface area contributed by atoms with Crippen molar-refractivity contribution in [3.8, 4) is 17.7 Å². The molecule has 0 aromatic carbocycles. The number of pyridine rings is 1. The lowest BCUT2D eigenvalue weighted by molar-refractivity contribution is -0.138. The zero-order valence-electron chi connectivity index (χ0n) is 20.4. The Bertz CT molecular complexity index is 1360. The van der Waals surface area contributed by atoms with Gasteiger partial charge in [-0.15, -0.1) is 0 Å². The molecule has 0 amide bonds. The molecule has 1 saturated carbocycles. The van der Waals surface area contributed by atoms with Crippen LogP contribution in [0.4, 0.5) is 23.5 Å². The highest BCUT2D eigenvalue weighted by Crippen LogP contribution is 2.39. The van der Waals surface area contributed by atoms with Crippen molar-refractivity contribution >= 4 is 16.9 Å². The van der Waals surface area contributed by atoms with Gasteiger partial charge in [-0.25, -0.2) is 14.4 Å². The second kappa shape index (κ2) is 9.58. The smallest absolute Gasteiger partial charge is 0.378 e. The van der Waals surface area contributed by atoms with E-state index in [9.17, 15) is 22.7 Å². The molecule has 0 spiro atoms. The van der Waals surface area contributed by atoms with E-state index in [0.717, 1.165) is 30.0 Å². The molecule has 5 rings (SSSR count). The Labute approximate surface area is 211 Å². The van der Waals surface area contributed by atoms with Gasteiger partial charge in [-0.3, -0.25) is 4.57 Å². The van der Waals surface area contributed by atoms with Crippen LogP contribution in [0.5, 0.6) is 0 Å². The molecular formula is C26H28F4N6O. The van der Waals surface area contributed by atoms with Crippen LogP contribution in [-0.4, -0.2) is 60.9 Å². The lowest BCUT2D eigenvalue weighted by Gasteiger charge is -2.32. The number of halogens is 4. The van der Waals surface area contributed by atoms with Gasteiger partial charge in [-0.1, -0.05) is 5.92 Å². The molecule has 196 valence electrons. The predicted octanol–water partition coefficient (Wildman–Crippen LogP) is 4.18. The average Bonchev–Trinajstić information content (AvgIpc) is 3.65. The van der Waals surface area contributed by atoms with Gasteiger partial charge in [0.15, 0.2) is 11.6 Å². The molecule has 1 unspecified atom stereocenters. The van der Waals surface area contributed by atoms with Crippen LogP contribution in [0.2, 0.25) is 0 Å². The van der Waals surface area contributed by atoms with E-state index in [-0.39, 0.29) is 30.1 Å². The van der Waals surface area contributed by atoms with E-state index in [4.69, 9.17) is 5.73 Å². The Hall–Kier alpha value is -3.23. The lowest BCUT2D eigenvalue weighted by Crippen LogP contribution is -2.35. The number of nitrogens with two attached hydrogens (primary N) is 1.